The summed E-state index contributed by atoms with van der Waals surface area (Å²) < 4.78 is 5.76. The lowest BCUT2D eigenvalue weighted by Gasteiger charge is -2.13. The Labute approximate surface area is 125 Å². The topological polar surface area (TPSA) is 47.0 Å². The van der Waals surface area contributed by atoms with Gasteiger partial charge in [-0.1, -0.05) is 32.0 Å². The molecule has 1 N–H and O–H groups in total. The fourth-order valence-electron chi connectivity index (χ4n) is 2.70. The highest BCUT2D eigenvalue weighted by Crippen LogP contribution is 2.36. The first-order valence-corrected chi connectivity index (χ1v) is 7.44. The van der Waals surface area contributed by atoms with Gasteiger partial charge in [-0.15, -0.1) is 0 Å². The average molecular weight is 283 g/mol. The molecule has 0 radical (unpaired) electrons. The van der Waals surface area contributed by atoms with Crippen LogP contribution < -0.4 is 10.1 Å². The number of hydrogen-bond acceptors (Lipinski definition) is 4. The number of benzene rings is 1. The lowest BCUT2D eigenvalue weighted by atomic mass is 10.00. The van der Waals surface area contributed by atoms with Gasteiger partial charge < -0.3 is 10.1 Å². The highest BCUT2D eigenvalue weighted by atomic mass is 16.5. The van der Waals surface area contributed by atoms with E-state index in [1.165, 1.54) is 5.56 Å². The summed E-state index contributed by atoms with van der Waals surface area (Å²) in [6, 6.07) is 10.2. The van der Waals surface area contributed by atoms with E-state index >= 15 is 0 Å². The second kappa shape index (κ2) is 5.72. The number of aromatic nitrogens is 2. The third kappa shape index (κ3) is 2.84. The Morgan fingerprint density at radius 3 is 2.86 bits per heavy atom. The van der Waals surface area contributed by atoms with Crippen LogP contribution in [-0.2, 0) is 6.42 Å². The van der Waals surface area contributed by atoms with Gasteiger partial charge in [0.05, 0.1) is 5.92 Å². The summed E-state index contributed by atoms with van der Waals surface area (Å²) in [5.41, 5.74) is 2.27. The van der Waals surface area contributed by atoms with Crippen LogP contribution in [0.15, 0.2) is 30.3 Å². The van der Waals surface area contributed by atoms with Crippen molar-refractivity contribution in [1.29, 1.82) is 0 Å². The lowest BCUT2D eigenvalue weighted by Crippen LogP contribution is -2.12. The molecule has 2 aromatic rings. The van der Waals surface area contributed by atoms with Crippen molar-refractivity contribution in [2.24, 2.45) is 5.92 Å². The fraction of sp³-hybridized carbons (Fsp3) is 0.412. The number of fused-ring (bicyclic) bond motifs is 1. The molecule has 0 saturated heterocycles. The maximum Gasteiger partial charge on any atom is 0.142 e. The third-order valence-electron chi connectivity index (χ3n) is 3.68. The summed E-state index contributed by atoms with van der Waals surface area (Å²) in [5.74, 6) is 3.37. The molecule has 0 spiro atoms. The first-order chi connectivity index (χ1) is 10.2. The predicted octanol–water partition coefficient (Wildman–Crippen LogP) is 3.24. The van der Waals surface area contributed by atoms with Crippen LogP contribution in [0.3, 0.4) is 0 Å². The van der Waals surface area contributed by atoms with E-state index in [1.54, 1.807) is 0 Å². The highest BCUT2D eigenvalue weighted by molar-refractivity contribution is 5.44. The first-order valence-electron chi connectivity index (χ1n) is 7.44. The third-order valence-corrected chi connectivity index (χ3v) is 3.68. The standard InChI is InChI=1S/C17H21N3O/c1-11(2)8-12-9-16(18-3)20-17(19-12)14-10-21-15-7-5-4-6-13(14)15/h4-7,9,11,14H,8,10H2,1-3H3,(H,18,19,20). The Balaban J connectivity index is 1.99. The van der Waals surface area contributed by atoms with E-state index in [9.17, 15) is 0 Å². The van der Waals surface area contributed by atoms with Crippen LogP contribution in [0.2, 0.25) is 0 Å². The minimum absolute atomic E-state index is 0.125. The lowest BCUT2D eigenvalue weighted by molar-refractivity contribution is 0.339. The van der Waals surface area contributed by atoms with Crippen LogP contribution in [0.4, 0.5) is 5.82 Å². The molecule has 1 aliphatic rings. The summed E-state index contributed by atoms with van der Waals surface area (Å²) in [7, 11) is 1.89. The Bertz CT molecular complexity index is 640. The van der Waals surface area contributed by atoms with Gasteiger partial charge in [0.1, 0.15) is 24.0 Å². The van der Waals surface area contributed by atoms with Crippen LogP contribution in [-0.4, -0.2) is 23.6 Å². The van der Waals surface area contributed by atoms with Gasteiger partial charge in [0, 0.05) is 24.4 Å². The van der Waals surface area contributed by atoms with Gasteiger partial charge in [-0.3, -0.25) is 0 Å². The van der Waals surface area contributed by atoms with E-state index < -0.39 is 0 Å². The van der Waals surface area contributed by atoms with E-state index in [0.29, 0.717) is 12.5 Å². The SMILES string of the molecule is CNc1cc(CC(C)C)nc(C2COc3ccccc32)n1. The molecule has 1 atom stereocenters. The van der Waals surface area contributed by atoms with Crippen LogP contribution in [0.25, 0.3) is 0 Å². The van der Waals surface area contributed by atoms with Crippen molar-refractivity contribution < 1.29 is 4.74 Å². The van der Waals surface area contributed by atoms with E-state index in [4.69, 9.17) is 9.72 Å². The Hall–Kier alpha value is -2.10. The molecule has 0 fully saturated rings. The Morgan fingerprint density at radius 2 is 2.10 bits per heavy atom. The highest BCUT2D eigenvalue weighted by Gasteiger charge is 2.28. The van der Waals surface area contributed by atoms with Crippen molar-refractivity contribution in [1.82, 2.24) is 9.97 Å². The van der Waals surface area contributed by atoms with Crippen molar-refractivity contribution in [3.63, 3.8) is 0 Å². The molecule has 0 bridgehead atoms. The minimum atomic E-state index is 0.125. The maximum absolute atomic E-state index is 5.76. The number of nitrogens with zero attached hydrogens (tertiary/aromatic N) is 2. The van der Waals surface area contributed by atoms with Crippen molar-refractivity contribution in [3.8, 4) is 5.75 Å². The van der Waals surface area contributed by atoms with Crippen LogP contribution in [0, 0.1) is 5.92 Å². The molecule has 2 heterocycles. The van der Waals surface area contributed by atoms with Crippen molar-refractivity contribution in [2.45, 2.75) is 26.2 Å². The van der Waals surface area contributed by atoms with Gasteiger partial charge in [-0.2, -0.15) is 0 Å². The number of nitrogens with one attached hydrogen (secondary N) is 1. The van der Waals surface area contributed by atoms with Crippen LogP contribution in [0.5, 0.6) is 5.75 Å². The van der Waals surface area contributed by atoms with Crippen LogP contribution >= 0.6 is 0 Å². The second-order valence-electron chi connectivity index (χ2n) is 5.85. The summed E-state index contributed by atoms with van der Waals surface area (Å²) in [5, 5.41) is 3.14. The zero-order valence-corrected chi connectivity index (χ0v) is 12.8. The fourth-order valence-corrected chi connectivity index (χ4v) is 2.70. The number of hydrogen-bond donors (Lipinski definition) is 1. The number of rotatable bonds is 4. The molecule has 0 amide bonds. The van der Waals surface area contributed by atoms with Gasteiger partial charge in [0.25, 0.3) is 0 Å². The van der Waals surface area contributed by atoms with E-state index in [0.717, 1.165) is 29.5 Å². The molecule has 1 unspecified atom stereocenters. The summed E-state index contributed by atoms with van der Waals surface area (Å²) in [6.45, 7) is 5.03. The van der Waals surface area contributed by atoms with Gasteiger partial charge in [0.15, 0.2) is 0 Å². The molecule has 21 heavy (non-hydrogen) atoms. The average Bonchev–Trinajstić information content (AvgIpc) is 2.90. The zero-order chi connectivity index (χ0) is 14.8. The molecule has 110 valence electrons. The van der Waals surface area contributed by atoms with Gasteiger partial charge in [-0.25, -0.2) is 9.97 Å². The van der Waals surface area contributed by atoms with Crippen molar-refractivity contribution in [2.75, 3.05) is 19.0 Å². The number of ether oxygens (including phenoxy) is 1. The molecule has 4 heteroatoms. The minimum Gasteiger partial charge on any atom is -0.492 e. The summed E-state index contributed by atoms with van der Waals surface area (Å²) >= 11 is 0. The Morgan fingerprint density at radius 1 is 1.29 bits per heavy atom. The number of para-hydroxylation sites is 1. The monoisotopic (exact) mass is 283 g/mol. The predicted molar refractivity (Wildman–Crippen MR) is 83.9 cm³/mol. The maximum atomic E-state index is 5.76. The van der Waals surface area contributed by atoms with Crippen LogP contribution in [0.1, 0.15) is 36.8 Å². The second-order valence-corrected chi connectivity index (χ2v) is 5.85. The molecule has 0 aliphatic carbocycles. The largest absolute Gasteiger partial charge is 0.492 e. The van der Waals surface area contributed by atoms with Crippen molar-refractivity contribution in [3.05, 3.63) is 47.4 Å². The molecule has 1 aliphatic heterocycles. The van der Waals surface area contributed by atoms with Crippen molar-refractivity contribution >= 4 is 5.82 Å². The Kier molecular flexibility index (Phi) is 3.78. The molecular formula is C17H21N3O. The molecule has 1 aromatic carbocycles. The van der Waals surface area contributed by atoms with Gasteiger partial charge >= 0.3 is 0 Å². The van der Waals surface area contributed by atoms with E-state index in [1.807, 2.05) is 31.3 Å². The normalized spacial score (nSPS) is 16.7. The molecule has 1 aromatic heterocycles. The molecular weight excluding hydrogens is 262 g/mol. The quantitative estimate of drug-likeness (QED) is 0.935. The van der Waals surface area contributed by atoms with E-state index in [2.05, 4.69) is 30.2 Å². The van der Waals surface area contributed by atoms with Gasteiger partial charge in [0.2, 0.25) is 0 Å². The number of anilines is 1. The first kappa shape index (κ1) is 13.9. The molecule has 3 rings (SSSR count). The summed E-state index contributed by atoms with van der Waals surface area (Å²) in [4.78, 5) is 9.41. The molecule has 4 nitrogen and oxygen atoms in total. The van der Waals surface area contributed by atoms with E-state index in [-0.39, 0.29) is 5.92 Å². The van der Waals surface area contributed by atoms with Gasteiger partial charge in [-0.05, 0) is 18.4 Å². The smallest absolute Gasteiger partial charge is 0.142 e. The summed E-state index contributed by atoms with van der Waals surface area (Å²) in [6.07, 6.45) is 0.958. The zero-order valence-electron chi connectivity index (χ0n) is 12.8. The molecule has 0 saturated carbocycles.